The lowest BCUT2D eigenvalue weighted by molar-refractivity contribution is 0.121. The Balaban J connectivity index is 1.38. The molecule has 40 heavy (non-hydrogen) atoms. The Morgan fingerprint density at radius 2 is 1.48 bits per heavy atom. The highest BCUT2D eigenvalue weighted by molar-refractivity contribution is 6.44. The summed E-state index contributed by atoms with van der Waals surface area (Å²) in [5.74, 6) is 1.63. The molecule has 1 unspecified atom stereocenters. The highest BCUT2D eigenvalue weighted by atomic mass is 35.5. The fourth-order valence-electron chi connectivity index (χ4n) is 5.27. The van der Waals surface area contributed by atoms with Crippen LogP contribution in [-0.2, 0) is 9.47 Å². The molecule has 4 heterocycles. The number of piperidine rings is 1. The summed E-state index contributed by atoms with van der Waals surface area (Å²) >= 11 is 13.7. The molecule has 13 heteroatoms. The summed E-state index contributed by atoms with van der Waals surface area (Å²) in [7, 11) is 3.96. The van der Waals surface area contributed by atoms with E-state index >= 15 is 0 Å². The molecule has 1 N–H and O–H groups in total. The average molecular weight is 594 g/mol. The highest BCUT2D eigenvalue weighted by Crippen LogP contribution is 2.38. The summed E-state index contributed by atoms with van der Waals surface area (Å²) < 4.78 is 11.0. The Bertz CT molecular complexity index is 1150. The Labute approximate surface area is 245 Å². The summed E-state index contributed by atoms with van der Waals surface area (Å²) in [4.78, 5) is 35.7. The maximum absolute atomic E-state index is 13.0. The predicted molar refractivity (Wildman–Crippen MR) is 157 cm³/mol. The Hall–Kier alpha value is -2.44. The van der Waals surface area contributed by atoms with Gasteiger partial charge < -0.3 is 34.4 Å². The summed E-state index contributed by atoms with van der Waals surface area (Å²) in [6, 6.07) is 3.51. The van der Waals surface area contributed by atoms with Crippen molar-refractivity contribution >= 4 is 41.1 Å². The zero-order valence-electron chi connectivity index (χ0n) is 23.4. The Morgan fingerprint density at radius 3 is 2.02 bits per heavy atom. The maximum atomic E-state index is 13.0. The molecular formula is C27H38Cl2N8O3. The largest absolute Gasteiger partial charge is 0.378 e. The molecule has 0 aliphatic carbocycles. The topological polar surface area (TPSA) is 99.2 Å². The molecule has 2 amide bonds. The molecule has 11 nitrogen and oxygen atoms in total. The van der Waals surface area contributed by atoms with E-state index in [2.05, 4.69) is 27.1 Å². The number of carbonyl (C=O) groups excluding carboxylic acids is 1. The number of hydrogen-bond acceptors (Lipinski definition) is 9. The van der Waals surface area contributed by atoms with E-state index in [-0.39, 0.29) is 18.1 Å². The predicted octanol–water partition coefficient (Wildman–Crippen LogP) is 3.32. The van der Waals surface area contributed by atoms with Crippen LogP contribution in [-0.4, -0.2) is 117 Å². The number of nitrogens with one attached hydrogen (secondary N) is 1. The molecule has 1 aromatic carbocycles. The number of hydrogen-bond donors (Lipinski definition) is 1. The molecule has 1 atom stereocenters. The third-order valence-electron chi connectivity index (χ3n) is 7.92. The first kappa shape index (κ1) is 29.1. The quantitative estimate of drug-likeness (QED) is 0.541. The van der Waals surface area contributed by atoms with E-state index in [1.165, 1.54) is 0 Å². The number of likely N-dealkylation sites (tertiary alicyclic amines) is 1. The van der Waals surface area contributed by atoms with Crippen molar-refractivity contribution in [1.29, 1.82) is 0 Å². The molecule has 0 saturated carbocycles. The van der Waals surface area contributed by atoms with Gasteiger partial charge in [0.05, 0.1) is 42.5 Å². The van der Waals surface area contributed by atoms with Crippen molar-refractivity contribution in [2.45, 2.75) is 31.8 Å². The van der Waals surface area contributed by atoms with Crippen molar-refractivity contribution in [3.05, 3.63) is 27.7 Å². The number of amides is 2. The molecule has 2 aromatic rings. The van der Waals surface area contributed by atoms with Crippen molar-refractivity contribution in [2.75, 3.05) is 89.6 Å². The van der Waals surface area contributed by atoms with Crippen molar-refractivity contribution in [3.63, 3.8) is 0 Å². The summed E-state index contributed by atoms with van der Waals surface area (Å²) in [6.07, 6.45) is 1.92. The molecular weight excluding hydrogens is 555 g/mol. The summed E-state index contributed by atoms with van der Waals surface area (Å²) in [5.41, 5.74) is 1.35. The second-order valence-corrected chi connectivity index (χ2v) is 11.4. The monoisotopic (exact) mass is 592 g/mol. The van der Waals surface area contributed by atoms with Gasteiger partial charge in [0.1, 0.15) is 0 Å². The number of morpholine rings is 2. The van der Waals surface area contributed by atoms with Crippen molar-refractivity contribution < 1.29 is 14.3 Å². The van der Waals surface area contributed by atoms with E-state index in [1.54, 1.807) is 4.90 Å². The van der Waals surface area contributed by atoms with E-state index in [0.717, 1.165) is 31.5 Å². The number of benzene rings is 1. The Morgan fingerprint density at radius 1 is 0.925 bits per heavy atom. The number of nitrogens with zero attached hydrogens (tertiary/aromatic N) is 7. The number of anilines is 2. The SMILES string of the molecule is CC(NC(=O)N(C)C1CCN(C)CC1)c1ccc(-c2nc(N3CCOCC3)nc(N3CCOCC3)n2)c(Cl)c1Cl. The second kappa shape index (κ2) is 13.0. The van der Waals surface area contributed by atoms with E-state index in [4.69, 9.17) is 47.6 Å². The van der Waals surface area contributed by atoms with Crippen LogP contribution >= 0.6 is 23.2 Å². The number of urea groups is 1. The van der Waals surface area contributed by atoms with Gasteiger partial charge in [-0.05, 0) is 51.5 Å². The normalized spacial score (nSPS) is 19.9. The highest BCUT2D eigenvalue weighted by Gasteiger charge is 2.27. The Kier molecular flexibility index (Phi) is 9.47. The smallest absolute Gasteiger partial charge is 0.317 e. The van der Waals surface area contributed by atoms with Crippen LogP contribution in [0.4, 0.5) is 16.7 Å². The first-order valence-electron chi connectivity index (χ1n) is 13.9. The van der Waals surface area contributed by atoms with Gasteiger partial charge in [-0.25, -0.2) is 4.79 Å². The van der Waals surface area contributed by atoms with Gasteiger partial charge in [0, 0.05) is 44.8 Å². The fourth-order valence-corrected chi connectivity index (χ4v) is 5.85. The van der Waals surface area contributed by atoms with Crippen molar-refractivity contribution in [3.8, 4) is 11.4 Å². The first-order valence-corrected chi connectivity index (χ1v) is 14.7. The molecule has 0 spiro atoms. The minimum atomic E-state index is -0.341. The van der Waals surface area contributed by atoms with Crippen LogP contribution in [0, 0.1) is 0 Å². The van der Waals surface area contributed by atoms with Gasteiger partial charge in [0.25, 0.3) is 0 Å². The molecule has 0 radical (unpaired) electrons. The van der Waals surface area contributed by atoms with E-state index in [1.807, 2.05) is 26.1 Å². The standard InChI is InChI=1S/C27H38Cl2N8O3/c1-18(30-27(38)35(3)19-6-8-34(2)9-7-19)20-4-5-21(23(29)22(20)28)24-31-25(36-10-14-39-15-11-36)33-26(32-24)37-12-16-40-17-13-37/h4-5,18-19H,6-17H2,1-3H3,(H,30,38). The van der Waals surface area contributed by atoms with Gasteiger partial charge >= 0.3 is 6.03 Å². The van der Waals surface area contributed by atoms with Gasteiger partial charge in [-0.1, -0.05) is 29.3 Å². The molecule has 3 aliphatic heterocycles. The van der Waals surface area contributed by atoms with Crippen LogP contribution in [0.25, 0.3) is 11.4 Å². The van der Waals surface area contributed by atoms with Crippen molar-refractivity contribution in [1.82, 2.24) is 30.1 Å². The zero-order valence-corrected chi connectivity index (χ0v) is 24.9. The van der Waals surface area contributed by atoms with Crippen LogP contribution in [0.15, 0.2) is 12.1 Å². The van der Waals surface area contributed by atoms with Crippen molar-refractivity contribution in [2.24, 2.45) is 0 Å². The third-order valence-corrected chi connectivity index (χ3v) is 8.81. The first-order chi connectivity index (χ1) is 19.3. The van der Waals surface area contributed by atoms with Crippen LogP contribution in [0.2, 0.25) is 10.0 Å². The lowest BCUT2D eigenvalue weighted by atomic mass is 10.0. The molecule has 3 fully saturated rings. The average Bonchev–Trinajstić information content (AvgIpc) is 2.99. The number of ether oxygens (including phenoxy) is 2. The number of halogens is 2. The minimum Gasteiger partial charge on any atom is -0.378 e. The van der Waals surface area contributed by atoms with Gasteiger partial charge in [0.15, 0.2) is 5.82 Å². The van der Waals surface area contributed by atoms with Gasteiger partial charge in [-0.2, -0.15) is 15.0 Å². The van der Waals surface area contributed by atoms with Crippen LogP contribution < -0.4 is 15.1 Å². The maximum Gasteiger partial charge on any atom is 0.317 e. The van der Waals surface area contributed by atoms with Gasteiger partial charge in [0.2, 0.25) is 11.9 Å². The fraction of sp³-hybridized carbons (Fsp3) is 0.630. The molecule has 0 bridgehead atoms. The molecule has 3 saturated heterocycles. The van der Waals surface area contributed by atoms with Gasteiger partial charge in [-0.15, -0.1) is 0 Å². The van der Waals surface area contributed by atoms with Crippen LogP contribution in [0.3, 0.4) is 0 Å². The summed E-state index contributed by atoms with van der Waals surface area (Å²) in [6.45, 7) is 9.13. The lowest BCUT2D eigenvalue weighted by Crippen LogP contribution is -2.48. The molecule has 1 aromatic heterocycles. The molecule has 3 aliphatic rings. The molecule has 218 valence electrons. The third kappa shape index (κ3) is 6.54. The van der Waals surface area contributed by atoms with E-state index in [0.29, 0.717) is 85.9 Å². The molecule has 5 rings (SSSR count). The van der Waals surface area contributed by atoms with E-state index in [9.17, 15) is 4.79 Å². The van der Waals surface area contributed by atoms with E-state index < -0.39 is 0 Å². The van der Waals surface area contributed by atoms with Crippen LogP contribution in [0.5, 0.6) is 0 Å². The lowest BCUT2D eigenvalue weighted by Gasteiger charge is -2.35. The summed E-state index contributed by atoms with van der Waals surface area (Å²) in [5, 5.41) is 3.80. The zero-order chi connectivity index (χ0) is 28.2. The second-order valence-electron chi connectivity index (χ2n) is 10.6. The minimum absolute atomic E-state index is 0.124. The number of rotatable bonds is 6. The number of carbonyl (C=O) groups is 1. The van der Waals surface area contributed by atoms with Crippen LogP contribution in [0.1, 0.15) is 31.4 Å². The van der Waals surface area contributed by atoms with Gasteiger partial charge in [-0.3, -0.25) is 0 Å². The number of aromatic nitrogens is 3.